The van der Waals surface area contributed by atoms with Gasteiger partial charge in [0.25, 0.3) is 0 Å². The number of aromatic nitrogens is 1. The lowest BCUT2D eigenvalue weighted by molar-refractivity contribution is -0.672. The molecule has 1 aromatic heterocycles. The molecule has 0 aliphatic rings. The molecule has 98 valence electrons. The van der Waals surface area contributed by atoms with Crippen LogP contribution in [0, 0.1) is 0 Å². The number of nitrogens with zero attached hydrogens (tertiary/aromatic N) is 1. The first-order chi connectivity index (χ1) is 9.06. The van der Waals surface area contributed by atoms with Crippen molar-refractivity contribution in [1.29, 1.82) is 0 Å². The van der Waals surface area contributed by atoms with Gasteiger partial charge in [-0.2, -0.15) is 0 Å². The Morgan fingerprint density at radius 2 is 2.11 bits per heavy atom. The Morgan fingerprint density at radius 3 is 2.79 bits per heavy atom. The number of carbonyl (C=O) groups excluding carboxylic acids is 1. The van der Waals surface area contributed by atoms with Gasteiger partial charge in [-0.25, -0.2) is 9.36 Å². The number of pyridine rings is 1. The van der Waals surface area contributed by atoms with E-state index in [1.54, 1.807) is 24.3 Å². The number of halogens is 1. The van der Waals surface area contributed by atoms with Crippen LogP contribution >= 0.6 is 11.6 Å². The maximum absolute atomic E-state index is 12.0. The molecule has 0 radical (unpaired) electrons. The van der Waals surface area contributed by atoms with Crippen molar-refractivity contribution in [2.45, 2.75) is 13.0 Å². The van der Waals surface area contributed by atoms with E-state index < -0.39 is 0 Å². The van der Waals surface area contributed by atoms with Crippen LogP contribution in [0.4, 0.5) is 0 Å². The average Bonchev–Trinajstić information content (AvgIpc) is 2.38. The van der Waals surface area contributed by atoms with Gasteiger partial charge in [0.15, 0.2) is 12.4 Å². The number of rotatable bonds is 3. The third-order valence-electron chi connectivity index (χ3n) is 2.78. The molecule has 0 fully saturated rings. The molecule has 1 unspecified atom stereocenters. The number of hydrogen-bond donors (Lipinski definition) is 0. The normalized spacial score (nSPS) is 11.9. The van der Waals surface area contributed by atoms with Gasteiger partial charge in [-0.15, -0.1) is 0 Å². The molecular formula is C15H15ClNO2+. The van der Waals surface area contributed by atoms with Crippen LogP contribution in [0.1, 0.15) is 28.9 Å². The zero-order valence-electron chi connectivity index (χ0n) is 10.8. The molecule has 0 bridgehead atoms. The molecule has 1 heterocycles. The molecule has 2 aromatic rings. The minimum atomic E-state index is -0.374. The lowest BCUT2D eigenvalue weighted by atomic mass is 10.2. The number of esters is 1. The zero-order valence-corrected chi connectivity index (χ0v) is 11.6. The predicted octanol–water partition coefficient (Wildman–Crippen LogP) is 3.08. The minimum Gasteiger partial charge on any atom is -0.454 e. The lowest BCUT2D eigenvalue weighted by Crippen LogP contribution is -2.27. The van der Waals surface area contributed by atoms with Gasteiger partial charge in [-0.3, -0.25) is 0 Å². The second kappa shape index (κ2) is 5.85. The summed E-state index contributed by atoms with van der Waals surface area (Å²) < 4.78 is 7.34. The van der Waals surface area contributed by atoms with Crippen LogP contribution in [0.25, 0.3) is 0 Å². The second-order valence-electron chi connectivity index (χ2n) is 4.36. The summed E-state index contributed by atoms with van der Waals surface area (Å²) in [6.45, 7) is 1.85. The van der Waals surface area contributed by atoms with Crippen LogP contribution in [-0.4, -0.2) is 5.97 Å². The predicted molar refractivity (Wildman–Crippen MR) is 72.9 cm³/mol. The Kier molecular flexibility index (Phi) is 4.17. The first kappa shape index (κ1) is 13.6. The van der Waals surface area contributed by atoms with Crippen LogP contribution in [0.15, 0.2) is 48.8 Å². The number of hydrogen-bond acceptors (Lipinski definition) is 2. The van der Waals surface area contributed by atoms with E-state index in [0.29, 0.717) is 10.6 Å². The fourth-order valence-corrected chi connectivity index (χ4v) is 1.95. The molecule has 1 atom stereocenters. The molecule has 19 heavy (non-hydrogen) atoms. The number of aryl methyl sites for hydroxylation is 1. The molecule has 0 aliphatic heterocycles. The van der Waals surface area contributed by atoms with Gasteiger partial charge in [-0.1, -0.05) is 17.7 Å². The Balaban J connectivity index is 2.11. The highest BCUT2D eigenvalue weighted by Crippen LogP contribution is 2.18. The summed E-state index contributed by atoms with van der Waals surface area (Å²) in [4.78, 5) is 12.0. The maximum atomic E-state index is 12.0. The number of carbonyl (C=O) groups is 1. The van der Waals surface area contributed by atoms with E-state index in [9.17, 15) is 4.79 Å². The van der Waals surface area contributed by atoms with Crippen LogP contribution in [0.2, 0.25) is 5.02 Å². The van der Waals surface area contributed by atoms with E-state index in [2.05, 4.69) is 0 Å². The second-order valence-corrected chi connectivity index (χ2v) is 4.80. The summed E-state index contributed by atoms with van der Waals surface area (Å²) in [6.07, 6.45) is 3.55. The van der Waals surface area contributed by atoms with Gasteiger partial charge in [0.2, 0.25) is 0 Å². The monoisotopic (exact) mass is 276 g/mol. The lowest BCUT2D eigenvalue weighted by Gasteiger charge is -2.12. The molecule has 0 aliphatic carbocycles. The highest BCUT2D eigenvalue weighted by molar-refractivity contribution is 6.30. The molecule has 0 spiro atoms. The van der Waals surface area contributed by atoms with E-state index in [0.717, 1.165) is 5.56 Å². The Morgan fingerprint density at radius 1 is 1.32 bits per heavy atom. The molecule has 0 amide bonds. The van der Waals surface area contributed by atoms with Crippen molar-refractivity contribution in [3.8, 4) is 0 Å². The van der Waals surface area contributed by atoms with E-state index in [1.165, 1.54) is 0 Å². The van der Waals surface area contributed by atoms with E-state index in [-0.39, 0.29) is 12.1 Å². The van der Waals surface area contributed by atoms with Gasteiger partial charge in [-0.05, 0) is 31.2 Å². The smallest absolute Gasteiger partial charge is 0.338 e. The van der Waals surface area contributed by atoms with Gasteiger partial charge < -0.3 is 4.74 Å². The molecule has 3 nitrogen and oxygen atoms in total. The standard InChI is InChI=1S/C15H15ClNO2/c1-11(13-6-4-8-17(2)10-13)19-15(18)12-5-3-7-14(16)9-12/h3-11H,1-2H3/q+1. The summed E-state index contributed by atoms with van der Waals surface area (Å²) in [7, 11) is 1.93. The van der Waals surface area contributed by atoms with Gasteiger partial charge >= 0.3 is 5.97 Å². The van der Waals surface area contributed by atoms with Crippen LogP contribution in [-0.2, 0) is 11.8 Å². The molecule has 1 aromatic carbocycles. The van der Waals surface area contributed by atoms with Crippen molar-refractivity contribution in [1.82, 2.24) is 0 Å². The Hall–Kier alpha value is -1.87. The maximum Gasteiger partial charge on any atom is 0.338 e. The Labute approximate surface area is 117 Å². The third-order valence-corrected chi connectivity index (χ3v) is 3.01. The summed E-state index contributed by atoms with van der Waals surface area (Å²) in [6, 6.07) is 10.6. The minimum absolute atomic E-state index is 0.307. The Bertz CT molecular complexity index is 598. The number of benzene rings is 1. The van der Waals surface area contributed by atoms with Crippen LogP contribution in [0.3, 0.4) is 0 Å². The fraction of sp³-hybridized carbons (Fsp3) is 0.200. The fourth-order valence-electron chi connectivity index (χ4n) is 1.76. The summed E-state index contributed by atoms with van der Waals surface area (Å²) >= 11 is 5.85. The molecule has 0 saturated carbocycles. The quantitative estimate of drug-likeness (QED) is 0.637. The number of ether oxygens (including phenoxy) is 1. The highest BCUT2D eigenvalue weighted by atomic mass is 35.5. The van der Waals surface area contributed by atoms with E-state index in [1.807, 2.05) is 43.1 Å². The van der Waals surface area contributed by atoms with E-state index >= 15 is 0 Å². The van der Waals surface area contributed by atoms with Crippen molar-refractivity contribution in [2.24, 2.45) is 7.05 Å². The first-order valence-electron chi connectivity index (χ1n) is 5.98. The summed E-state index contributed by atoms with van der Waals surface area (Å²) in [5.41, 5.74) is 1.40. The van der Waals surface area contributed by atoms with Crippen molar-refractivity contribution >= 4 is 17.6 Å². The summed E-state index contributed by atoms with van der Waals surface area (Å²) in [5, 5.41) is 0.521. The highest BCUT2D eigenvalue weighted by Gasteiger charge is 2.15. The topological polar surface area (TPSA) is 30.2 Å². The van der Waals surface area contributed by atoms with Crippen molar-refractivity contribution in [2.75, 3.05) is 0 Å². The van der Waals surface area contributed by atoms with Crippen molar-refractivity contribution in [3.63, 3.8) is 0 Å². The van der Waals surface area contributed by atoms with Gasteiger partial charge in [0, 0.05) is 11.1 Å². The largest absolute Gasteiger partial charge is 0.454 e. The third kappa shape index (κ3) is 3.55. The first-order valence-corrected chi connectivity index (χ1v) is 6.36. The van der Waals surface area contributed by atoms with Crippen molar-refractivity contribution in [3.05, 3.63) is 64.9 Å². The summed E-state index contributed by atoms with van der Waals surface area (Å²) in [5.74, 6) is -0.374. The average molecular weight is 277 g/mol. The SMILES string of the molecule is CC(OC(=O)c1cccc(Cl)c1)c1ccc[n+](C)c1. The molecule has 0 saturated heterocycles. The van der Waals surface area contributed by atoms with Gasteiger partial charge in [0.05, 0.1) is 11.1 Å². The molecule has 0 N–H and O–H groups in total. The molecule has 2 rings (SSSR count). The van der Waals surface area contributed by atoms with E-state index in [4.69, 9.17) is 16.3 Å². The van der Waals surface area contributed by atoms with Crippen LogP contribution in [0.5, 0.6) is 0 Å². The molecule has 4 heteroatoms. The molecular weight excluding hydrogens is 262 g/mol. The van der Waals surface area contributed by atoms with Crippen LogP contribution < -0.4 is 4.57 Å². The zero-order chi connectivity index (χ0) is 13.8. The van der Waals surface area contributed by atoms with Gasteiger partial charge in [0.1, 0.15) is 13.2 Å². The van der Waals surface area contributed by atoms with Crippen molar-refractivity contribution < 1.29 is 14.1 Å².